The molecule has 2 aromatic rings. The Morgan fingerprint density at radius 1 is 1.12 bits per heavy atom. The van der Waals surface area contributed by atoms with Gasteiger partial charge in [0.2, 0.25) is 5.91 Å². The van der Waals surface area contributed by atoms with Crippen LogP contribution in [0.1, 0.15) is 12.8 Å². The molecule has 2 heterocycles. The Morgan fingerprint density at radius 3 is 2.52 bits per heavy atom. The van der Waals surface area contributed by atoms with Crippen LogP contribution >= 0.6 is 34.5 Å². The molecular weight excluding hydrogens is 381 g/mol. The first-order valence-electron chi connectivity index (χ1n) is 7.88. The van der Waals surface area contributed by atoms with Crippen molar-refractivity contribution in [3.8, 4) is 0 Å². The fraction of sp³-hybridized carbons (Fsp3) is 0.294. The van der Waals surface area contributed by atoms with Crippen LogP contribution in [0.3, 0.4) is 0 Å². The molecule has 1 saturated heterocycles. The van der Waals surface area contributed by atoms with Crippen LogP contribution in [0.15, 0.2) is 35.7 Å². The number of benzene rings is 1. The summed E-state index contributed by atoms with van der Waals surface area (Å²) in [4.78, 5) is 26.4. The van der Waals surface area contributed by atoms with Gasteiger partial charge in [0, 0.05) is 24.0 Å². The summed E-state index contributed by atoms with van der Waals surface area (Å²) in [5.41, 5.74) is 0.550. The van der Waals surface area contributed by atoms with Crippen LogP contribution in [-0.2, 0) is 4.79 Å². The average molecular weight is 398 g/mol. The Bertz CT molecular complexity index is 759. The van der Waals surface area contributed by atoms with Gasteiger partial charge in [-0.05, 0) is 48.6 Å². The second kappa shape index (κ2) is 8.08. The summed E-state index contributed by atoms with van der Waals surface area (Å²) in [6.45, 7) is 1.09. The van der Waals surface area contributed by atoms with Gasteiger partial charge in [-0.1, -0.05) is 23.2 Å². The highest BCUT2D eigenvalue weighted by atomic mass is 35.5. The summed E-state index contributed by atoms with van der Waals surface area (Å²) in [5, 5.41) is 9.37. The van der Waals surface area contributed by atoms with Crippen molar-refractivity contribution in [1.29, 1.82) is 0 Å². The number of carbonyl (C=O) groups excluding carboxylic acids is 2. The molecule has 1 aliphatic rings. The highest BCUT2D eigenvalue weighted by molar-refractivity contribution is 7.14. The average Bonchev–Trinajstić information content (AvgIpc) is 3.10. The van der Waals surface area contributed by atoms with Gasteiger partial charge in [0.15, 0.2) is 0 Å². The second-order valence-electron chi connectivity index (χ2n) is 5.78. The van der Waals surface area contributed by atoms with E-state index in [0.29, 0.717) is 41.7 Å². The van der Waals surface area contributed by atoms with Crippen molar-refractivity contribution >= 4 is 57.2 Å². The largest absolute Gasteiger partial charge is 0.325 e. The smallest absolute Gasteiger partial charge is 0.322 e. The fourth-order valence-electron chi connectivity index (χ4n) is 2.70. The number of amides is 3. The Labute approximate surface area is 159 Å². The van der Waals surface area contributed by atoms with E-state index in [-0.39, 0.29) is 17.9 Å². The summed E-state index contributed by atoms with van der Waals surface area (Å²) in [6.07, 6.45) is 1.24. The minimum absolute atomic E-state index is 0.0810. The molecule has 5 nitrogen and oxygen atoms in total. The summed E-state index contributed by atoms with van der Waals surface area (Å²) in [7, 11) is 0. The lowest BCUT2D eigenvalue weighted by atomic mass is 9.96. The minimum atomic E-state index is -0.141. The number of hydrogen-bond acceptors (Lipinski definition) is 3. The quantitative estimate of drug-likeness (QED) is 0.770. The van der Waals surface area contributed by atoms with E-state index in [9.17, 15) is 9.59 Å². The van der Waals surface area contributed by atoms with Crippen LogP contribution in [-0.4, -0.2) is 29.9 Å². The molecule has 0 saturated carbocycles. The van der Waals surface area contributed by atoms with Crippen LogP contribution < -0.4 is 10.6 Å². The third-order valence-electron chi connectivity index (χ3n) is 4.09. The lowest BCUT2D eigenvalue weighted by molar-refractivity contribution is -0.121. The number of piperidine rings is 1. The second-order valence-corrected chi connectivity index (χ2v) is 7.57. The number of likely N-dealkylation sites (tertiary alicyclic amines) is 1. The number of halogens is 2. The molecular formula is C17H17Cl2N3O2S. The molecule has 1 aromatic carbocycles. The zero-order valence-corrected chi connectivity index (χ0v) is 15.6. The zero-order valence-electron chi connectivity index (χ0n) is 13.3. The maximum absolute atomic E-state index is 12.4. The van der Waals surface area contributed by atoms with E-state index in [1.807, 2.05) is 17.5 Å². The molecule has 1 aliphatic heterocycles. The third-order valence-corrected chi connectivity index (χ3v) is 5.43. The van der Waals surface area contributed by atoms with E-state index >= 15 is 0 Å². The van der Waals surface area contributed by atoms with Crippen LogP contribution in [0.5, 0.6) is 0 Å². The number of thiophene rings is 1. The third kappa shape index (κ3) is 4.66. The predicted molar refractivity (Wildman–Crippen MR) is 103 cm³/mol. The van der Waals surface area contributed by atoms with Gasteiger partial charge in [-0.3, -0.25) is 10.1 Å². The first-order valence-corrected chi connectivity index (χ1v) is 9.52. The normalized spacial score (nSPS) is 15.0. The van der Waals surface area contributed by atoms with Crippen molar-refractivity contribution in [3.63, 3.8) is 0 Å². The topological polar surface area (TPSA) is 61.4 Å². The number of nitrogens with one attached hydrogen (secondary N) is 2. The molecule has 2 N–H and O–H groups in total. The van der Waals surface area contributed by atoms with Gasteiger partial charge in [0.25, 0.3) is 0 Å². The first-order chi connectivity index (χ1) is 12.0. The number of carbonyl (C=O) groups is 2. The van der Waals surface area contributed by atoms with Crippen LogP contribution in [0.4, 0.5) is 15.5 Å². The van der Waals surface area contributed by atoms with E-state index in [2.05, 4.69) is 10.6 Å². The number of nitrogens with zero attached hydrogens (tertiary/aromatic N) is 1. The minimum Gasteiger partial charge on any atom is -0.325 e. The highest BCUT2D eigenvalue weighted by Gasteiger charge is 2.27. The molecule has 0 atom stereocenters. The molecule has 25 heavy (non-hydrogen) atoms. The van der Waals surface area contributed by atoms with Crippen LogP contribution in [0, 0.1) is 5.92 Å². The van der Waals surface area contributed by atoms with Crippen molar-refractivity contribution in [2.24, 2.45) is 5.92 Å². The molecule has 0 aliphatic carbocycles. The monoisotopic (exact) mass is 397 g/mol. The van der Waals surface area contributed by atoms with Gasteiger partial charge in [-0.2, -0.15) is 0 Å². The summed E-state index contributed by atoms with van der Waals surface area (Å²) in [6, 6.07) is 8.59. The van der Waals surface area contributed by atoms with E-state index in [1.54, 1.807) is 23.1 Å². The number of hydrogen-bond donors (Lipinski definition) is 2. The predicted octanol–water partition coefficient (Wildman–Crippen LogP) is 4.94. The van der Waals surface area contributed by atoms with Gasteiger partial charge in [-0.15, -0.1) is 11.3 Å². The fourth-order valence-corrected chi connectivity index (χ4v) is 3.77. The molecule has 8 heteroatoms. The lowest BCUT2D eigenvalue weighted by Gasteiger charge is -2.31. The van der Waals surface area contributed by atoms with E-state index in [1.165, 1.54) is 11.3 Å². The molecule has 0 bridgehead atoms. The number of urea groups is 1. The van der Waals surface area contributed by atoms with Crippen LogP contribution in [0.25, 0.3) is 0 Å². The Morgan fingerprint density at radius 2 is 1.88 bits per heavy atom. The SMILES string of the molecule is O=C(Nc1ccc(Cl)cc1Cl)C1CCN(C(=O)Nc2cccs2)CC1. The Hall–Kier alpha value is -1.76. The van der Waals surface area contributed by atoms with Gasteiger partial charge in [-0.25, -0.2) is 4.79 Å². The summed E-state index contributed by atoms with van der Waals surface area (Å²) in [5.74, 6) is -0.222. The van der Waals surface area contributed by atoms with Gasteiger partial charge >= 0.3 is 6.03 Å². The summed E-state index contributed by atoms with van der Waals surface area (Å²) < 4.78 is 0. The van der Waals surface area contributed by atoms with Gasteiger partial charge in [0.05, 0.1) is 15.7 Å². The van der Waals surface area contributed by atoms with E-state index in [4.69, 9.17) is 23.2 Å². The van der Waals surface area contributed by atoms with Crippen LogP contribution in [0.2, 0.25) is 10.0 Å². The maximum atomic E-state index is 12.4. The molecule has 0 unspecified atom stereocenters. The Balaban J connectivity index is 1.51. The molecule has 1 fully saturated rings. The van der Waals surface area contributed by atoms with Crippen molar-refractivity contribution in [3.05, 3.63) is 45.8 Å². The molecule has 3 amide bonds. The number of anilines is 2. The maximum Gasteiger partial charge on any atom is 0.322 e. The molecule has 3 rings (SSSR count). The molecule has 0 spiro atoms. The van der Waals surface area contributed by atoms with Crippen molar-refractivity contribution in [2.75, 3.05) is 23.7 Å². The van der Waals surface area contributed by atoms with Gasteiger partial charge < -0.3 is 10.2 Å². The standard InChI is InChI=1S/C17H17Cl2N3O2S/c18-12-3-4-14(13(19)10-12)20-16(23)11-5-7-22(8-6-11)17(24)21-15-2-1-9-25-15/h1-4,9-11H,5-8H2,(H,20,23)(H,21,24). The van der Waals surface area contributed by atoms with Gasteiger partial charge in [0.1, 0.15) is 0 Å². The zero-order chi connectivity index (χ0) is 17.8. The Kier molecular flexibility index (Phi) is 5.83. The first kappa shape index (κ1) is 18.0. The van der Waals surface area contributed by atoms with E-state index < -0.39 is 0 Å². The summed E-state index contributed by atoms with van der Waals surface area (Å²) >= 11 is 13.4. The highest BCUT2D eigenvalue weighted by Crippen LogP contribution is 2.27. The van der Waals surface area contributed by atoms with Crippen molar-refractivity contribution in [1.82, 2.24) is 4.90 Å². The van der Waals surface area contributed by atoms with Crippen molar-refractivity contribution in [2.45, 2.75) is 12.8 Å². The number of rotatable bonds is 3. The van der Waals surface area contributed by atoms with Crippen molar-refractivity contribution < 1.29 is 9.59 Å². The molecule has 1 aromatic heterocycles. The lowest BCUT2D eigenvalue weighted by Crippen LogP contribution is -2.43. The molecule has 0 radical (unpaired) electrons. The van der Waals surface area contributed by atoms with E-state index in [0.717, 1.165) is 5.00 Å². The molecule has 132 valence electrons.